The van der Waals surface area contributed by atoms with E-state index < -0.39 is 6.10 Å². The minimum atomic E-state index is -0.558. The third-order valence-electron chi connectivity index (χ3n) is 2.01. The standard InChI is InChI=1S/C10H18N2O4S/c1-15-2-3-16-6-9(13)5-11-4-8-7-17-10(14)12-8/h7,9,11,13H,2-6H2,1H3,(H,12,14). The Hall–Kier alpha value is -0.730. The van der Waals surface area contributed by atoms with Crippen molar-refractivity contribution in [2.75, 3.05) is 33.5 Å². The van der Waals surface area contributed by atoms with Crippen molar-refractivity contribution in [2.45, 2.75) is 12.6 Å². The SMILES string of the molecule is COCCOCC(O)CNCc1csc(=O)[nH]1. The lowest BCUT2D eigenvalue weighted by atomic mass is 10.3. The molecule has 0 spiro atoms. The topological polar surface area (TPSA) is 83.6 Å². The van der Waals surface area contributed by atoms with Crippen molar-refractivity contribution < 1.29 is 14.6 Å². The summed E-state index contributed by atoms with van der Waals surface area (Å²) >= 11 is 1.13. The molecule has 98 valence electrons. The summed E-state index contributed by atoms with van der Waals surface area (Å²) in [6, 6.07) is 0. The fourth-order valence-electron chi connectivity index (χ4n) is 1.19. The van der Waals surface area contributed by atoms with Crippen molar-refractivity contribution in [3.8, 4) is 0 Å². The average Bonchev–Trinajstić information content (AvgIpc) is 2.71. The first-order valence-corrected chi connectivity index (χ1v) is 6.22. The van der Waals surface area contributed by atoms with E-state index in [0.29, 0.717) is 26.3 Å². The maximum absolute atomic E-state index is 10.8. The molecule has 1 rings (SSSR count). The second-order valence-corrected chi connectivity index (χ2v) is 4.37. The second-order valence-electron chi connectivity index (χ2n) is 3.53. The molecule has 0 amide bonds. The molecule has 1 heterocycles. The van der Waals surface area contributed by atoms with Gasteiger partial charge in [0, 0.05) is 31.3 Å². The van der Waals surface area contributed by atoms with Gasteiger partial charge in [0.1, 0.15) is 0 Å². The molecular formula is C10H18N2O4S. The summed E-state index contributed by atoms with van der Waals surface area (Å²) in [5.41, 5.74) is 0.826. The van der Waals surface area contributed by atoms with Crippen LogP contribution in [0.4, 0.5) is 0 Å². The number of rotatable bonds is 9. The van der Waals surface area contributed by atoms with Crippen LogP contribution in [-0.4, -0.2) is 49.7 Å². The number of methoxy groups -OCH3 is 1. The lowest BCUT2D eigenvalue weighted by Gasteiger charge is -2.11. The largest absolute Gasteiger partial charge is 0.389 e. The number of nitrogens with one attached hydrogen (secondary N) is 2. The molecule has 6 nitrogen and oxygen atoms in total. The van der Waals surface area contributed by atoms with Crippen LogP contribution in [0, 0.1) is 0 Å². The van der Waals surface area contributed by atoms with Gasteiger partial charge in [0.2, 0.25) is 0 Å². The minimum absolute atomic E-state index is 0.0646. The van der Waals surface area contributed by atoms with Gasteiger partial charge in [-0.2, -0.15) is 0 Å². The number of H-pyrrole nitrogens is 1. The number of aliphatic hydroxyl groups excluding tert-OH is 1. The molecule has 1 aromatic rings. The Kier molecular flexibility index (Phi) is 7.06. The van der Waals surface area contributed by atoms with Crippen molar-refractivity contribution in [3.05, 3.63) is 20.7 Å². The fourth-order valence-corrected chi connectivity index (χ4v) is 1.78. The molecule has 0 radical (unpaired) electrons. The molecule has 1 unspecified atom stereocenters. The maximum Gasteiger partial charge on any atom is 0.304 e. The molecule has 0 aliphatic rings. The van der Waals surface area contributed by atoms with Gasteiger partial charge < -0.3 is 24.9 Å². The van der Waals surface area contributed by atoms with Crippen molar-refractivity contribution in [1.82, 2.24) is 10.3 Å². The Morgan fingerprint density at radius 2 is 2.41 bits per heavy atom. The molecule has 0 aromatic carbocycles. The summed E-state index contributed by atoms with van der Waals surface area (Å²) in [4.78, 5) is 13.5. The van der Waals surface area contributed by atoms with Crippen molar-refractivity contribution in [3.63, 3.8) is 0 Å². The summed E-state index contributed by atoms with van der Waals surface area (Å²) in [7, 11) is 1.60. The van der Waals surface area contributed by atoms with Gasteiger partial charge in [-0.1, -0.05) is 11.3 Å². The summed E-state index contributed by atoms with van der Waals surface area (Å²) in [5.74, 6) is 0. The highest BCUT2D eigenvalue weighted by Crippen LogP contribution is 1.94. The monoisotopic (exact) mass is 262 g/mol. The molecule has 0 bridgehead atoms. The highest BCUT2D eigenvalue weighted by atomic mass is 32.1. The highest BCUT2D eigenvalue weighted by Gasteiger charge is 2.04. The summed E-state index contributed by atoms with van der Waals surface area (Å²) in [6.07, 6.45) is -0.558. The van der Waals surface area contributed by atoms with Crippen molar-refractivity contribution in [1.29, 1.82) is 0 Å². The molecule has 1 aromatic heterocycles. The molecule has 0 fully saturated rings. The van der Waals surface area contributed by atoms with E-state index in [0.717, 1.165) is 17.0 Å². The van der Waals surface area contributed by atoms with Crippen LogP contribution in [0.5, 0.6) is 0 Å². The Morgan fingerprint density at radius 1 is 1.59 bits per heavy atom. The van der Waals surface area contributed by atoms with Crippen LogP contribution >= 0.6 is 11.3 Å². The number of thiazole rings is 1. The number of hydrogen-bond donors (Lipinski definition) is 3. The van der Waals surface area contributed by atoms with Crippen LogP contribution in [0.1, 0.15) is 5.69 Å². The van der Waals surface area contributed by atoms with Gasteiger partial charge in [0.05, 0.1) is 25.9 Å². The third-order valence-corrected chi connectivity index (χ3v) is 2.73. The van der Waals surface area contributed by atoms with E-state index >= 15 is 0 Å². The Bertz CT molecular complexity index is 352. The van der Waals surface area contributed by atoms with E-state index in [2.05, 4.69) is 10.3 Å². The Morgan fingerprint density at radius 3 is 3.06 bits per heavy atom. The first-order valence-electron chi connectivity index (χ1n) is 5.34. The summed E-state index contributed by atoms with van der Waals surface area (Å²) in [5, 5.41) is 14.3. The van der Waals surface area contributed by atoms with Gasteiger partial charge in [-0.05, 0) is 0 Å². The number of aliphatic hydroxyl groups is 1. The number of aromatic nitrogens is 1. The van der Waals surface area contributed by atoms with Crippen molar-refractivity contribution in [2.24, 2.45) is 0 Å². The quantitative estimate of drug-likeness (QED) is 0.525. The lowest BCUT2D eigenvalue weighted by molar-refractivity contribution is 0.0137. The number of hydrogen-bond acceptors (Lipinski definition) is 6. The zero-order valence-electron chi connectivity index (χ0n) is 9.77. The molecule has 7 heteroatoms. The van der Waals surface area contributed by atoms with Gasteiger partial charge >= 0.3 is 4.87 Å². The van der Waals surface area contributed by atoms with Crippen LogP contribution in [0.2, 0.25) is 0 Å². The number of ether oxygens (including phenoxy) is 2. The van der Waals surface area contributed by atoms with Crippen LogP contribution < -0.4 is 10.2 Å². The van der Waals surface area contributed by atoms with Crippen LogP contribution in [-0.2, 0) is 16.0 Å². The van der Waals surface area contributed by atoms with Gasteiger partial charge in [-0.25, -0.2) is 0 Å². The minimum Gasteiger partial charge on any atom is -0.389 e. The molecule has 1 atom stereocenters. The van der Waals surface area contributed by atoms with E-state index in [9.17, 15) is 9.90 Å². The van der Waals surface area contributed by atoms with Crippen LogP contribution in [0.15, 0.2) is 10.2 Å². The first kappa shape index (κ1) is 14.3. The zero-order valence-corrected chi connectivity index (χ0v) is 10.6. The van der Waals surface area contributed by atoms with E-state index in [1.54, 1.807) is 12.5 Å². The molecular weight excluding hydrogens is 244 g/mol. The second kappa shape index (κ2) is 8.37. The predicted molar refractivity (Wildman–Crippen MR) is 65.3 cm³/mol. The van der Waals surface area contributed by atoms with Crippen LogP contribution in [0.3, 0.4) is 0 Å². The molecule has 17 heavy (non-hydrogen) atoms. The van der Waals surface area contributed by atoms with Crippen molar-refractivity contribution >= 4 is 11.3 Å². The molecule has 0 saturated heterocycles. The normalized spacial score (nSPS) is 12.8. The van der Waals surface area contributed by atoms with Gasteiger partial charge in [0.15, 0.2) is 0 Å². The van der Waals surface area contributed by atoms with Gasteiger partial charge in [-0.15, -0.1) is 0 Å². The highest BCUT2D eigenvalue weighted by molar-refractivity contribution is 7.07. The smallest absolute Gasteiger partial charge is 0.304 e. The molecule has 3 N–H and O–H groups in total. The molecule has 0 aliphatic carbocycles. The van der Waals surface area contributed by atoms with E-state index in [4.69, 9.17) is 9.47 Å². The van der Waals surface area contributed by atoms with E-state index in [1.807, 2.05) is 0 Å². The van der Waals surface area contributed by atoms with Crippen LogP contribution in [0.25, 0.3) is 0 Å². The molecule has 0 aliphatic heterocycles. The van der Waals surface area contributed by atoms with E-state index in [-0.39, 0.29) is 11.5 Å². The zero-order chi connectivity index (χ0) is 12.5. The lowest BCUT2D eigenvalue weighted by Crippen LogP contribution is -2.30. The van der Waals surface area contributed by atoms with Gasteiger partial charge in [0.25, 0.3) is 0 Å². The Labute approximate surface area is 104 Å². The molecule has 0 saturated carbocycles. The summed E-state index contributed by atoms with van der Waals surface area (Å²) in [6.45, 7) is 2.23. The van der Waals surface area contributed by atoms with E-state index in [1.165, 1.54) is 0 Å². The Balaban J connectivity index is 2.03. The maximum atomic E-state index is 10.8. The first-order chi connectivity index (χ1) is 8.22. The number of aromatic amines is 1. The average molecular weight is 262 g/mol. The predicted octanol–water partition coefficient (Wildman–Crippen LogP) is -0.450. The fraction of sp³-hybridized carbons (Fsp3) is 0.700. The van der Waals surface area contributed by atoms with Gasteiger partial charge in [-0.3, -0.25) is 4.79 Å². The third kappa shape index (κ3) is 6.54. The summed E-state index contributed by atoms with van der Waals surface area (Å²) < 4.78 is 9.98.